The number of hydrogen-bond donors (Lipinski definition) is 1. The maximum atomic E-state index is 9.29. The third kappa shape index (κ3) is 2.34. The van der Waals surface area contributed by atoms with Crippen LogP contribution in [-0.4, -0.2) is 11.2 Å². The number of rotatable bonds is 2. The van der Waals surface area contributed by atoms with Gasteiger partial charge in [-0.2, -0.15) is 0 Å². The predicted octanol–water partition coefficient (Wildman–Crippen LogP) is 3.96. The van der Waals surface area contributed by atoms with E-state index in [4.69, 9.17) is 0 Å². The van der Waals surface area contributed by atoms with Gasteiger partial charge in [0, 0.05) is 0 Å². The first-order chi connectivity index (χ1) is 9.13. The summed E-state index contributed by atoms with van der Waals surface area (Å²) < 4.78 is 0. The molecule has 2 aromatic carbocycles. The highest BCUT2D eigenvalue weighted by molar-refractivity contribution is 5.78. The molecule has 1 atom stereocenters. The van der Waals surface area contributed by atoms with E-state index < -0.39 is 6.10 Å². The van der Waals surface area contributed by atoms with E-state index in [0.29, 0.717) is 0 Å². The highest BCUT2D eigenvalue weighted by Crippen LogP contribution is 2.37. The lowest BCUT2D eigenvalue weighted by atomic mass is 10.0. The average Bonchev–Trinajstić information content (AvgIpc) is 2.72. The lowest BCUT2D eigenvalue weighted by Gasteiger charge is -2.03. The van der Waals surface area contributed by atoms with Gasteiger partial charge < -0.3 is 5.11 Å². The molecule has 0 saturated heterocycles. The Morgan fingerprint density at radius 1 is 1.05 bits per heavy atom. The number of aryl methyl sites for hydroxylation is 1. The third-order valence-corrected chi connectivity index (χ3v) is 3.63. The van der Waals surface area contributed by atoms with Crippen LogP contribution in [0.25, 0.3) is 17.2 Å². The molecule has 3 rings (SSSR count). The second kappa shape index (κ2) is 4.67. The lowest BCUT2D eigenvalue weighted by molar-refractivity contribution is 0.245. The highest BCUT2D eigenvalue weighted by Gasteiger charge is 2.17. The molecule has 0 amide bonds. The van der Waals surface area contributed by atoms with Gasteiger partial charge in [-0.15, -0.1) is 0 Å². The van der Waals surface area contributed by atoms with Crippen LogP contribution in [0.3, 0.4) is 0 Å². The minimum Gasteiger partial charge on any atom is -0.389 e. The van der Waals surface area contributed by atoms with Gasteiger partial charge in [0.05, 0.1) is 6.10 Å². The zero-order chi connectivity index (χ0) is 13.4. The zero-order valence-corrected chi connectivity index (χ0v) is 11.4. The summed E-state index contributed by atoms with van der Waals surface area (Å²) in [7, 11) is 0. The second-order valence-electron chi connectivity index (χ2n) is 5.35. The summed E-state index contributed by atoms with van der Waals surface area (Å²) in [4.78, 5) is 0. The molecule has 0 aromatic heterocycles. The van der Waals surface area contributed by atoms with Crippen molar-refractivity contribution in [3.63, 3.8) is 0 Å². The normalized spacial score (nSPS) is 14.5. The van der Waals surface area contributed by atoms with Gasteiger partial charge in [-0.3, -0.25) is 0 Å². The minimum atomic E-state index is -0.395. The topological polar surface area (TPSA) is 20.2 Å². The van der Waals surface area contributed by atoms with Gasteiger partial charge in [0.1, 0.15) is 0 Å². The highest BCUT2D eigenvalue weighted by atomic mass is 16.3. The van der Waals surface area contributed by atoms with Crippen molar-refractivity contribution in [2.75, 3.05) is 0 Å². The monoisotopic (exact) mass is 250 g/mol. The average molecular weight is 250 g/mol. The summed E-state index contributed by atoms with van der Waals surface area (Å²) in [6, 6.07) is 13.2. The second-order valence-corrected chi connectivity index (χ2v) is 5.35. The SMILES string of the molecule is Cc1ccc2c(c1)Cc1cc(C=CC(C)O)ccc1-2. The molecule has 2 aromatic rings. The van der Waals surface area contributed by atoms with Gasteiger partial charge in [0.2, 0.25) is 0 Å². The van der Waals surface area contributed by atoms with Gasteiger partial charge in [-0.05, 0) is 48.1 Å². The maximum Gasteiger partial charge on any atom is 0.0696 e. The van der Waals surface area contributed by atoms with Crippen LogP contribution in [0.15, 0.2) is 42.5 Å². The van der Waals surface area contributed by atoms with Crippen molar-refractivity contribution in [3.05, 3.63) is 64.7 Å². The molecule has 0 heterocycles. The molecule has 0 spiro atoms. The van der Waals surface area contributed by atoms with Crippen LogP contribution in [0, 0.1) is 6.92 Å². The summed E-state index contributed by atoms with van der Waals surface area (Å²) in [6.07, 6.45) is 4.42. The van der Waals surface area contributed by atoms with Crippen molar-refractivity contribution in [2.24, 2.45) is 0 Å². The van der Waals surface area contributed by atoms with E-state index in [1.54, 1.807) is 6.92 Å². The fraction of sp³-hybridized carbons (Fsp3) is 0.222. The lowest BCUT2D eigenvalue weighted by Crippen LogP contribution is -1.91. The minimum absolute atomic E-state index is 0.395. The van der Waals surface area contributed by atoms with Crippen molar-refractivity contribution < 1.29 is 5.11 Å². The van der Waals surface area contributed by atoms with Crippen LogP contribution in [0.2, 0.25) is 0 Å². The quantitative estimate of drug-likeness (QED) is 0.730. The predicted molar refractivity (Wildman–Crippen MR) is 80.1 cm³/mol. The summed E-state index contributed by atoms with van der Waals surface area (Å²) in [5.41, 5.74) is 8.00. The van der Waals surface area contributed by atoms with Gasteiger partial charge >= 0.3 is 0 Å². The van der Waals surface area contributed by atoms with Crippen LogP contribution >= 0.6 is 0 Å². The molecule has 0 fully saturated rings. The fourth-order valence-electron chi connectivity index (χ4n) is 2.71. The van der Waals surface area contributed by atoms with E-state index in [9.17, 15) is 5.11 Å². The Hall–Kier alpha value is -1.86. The summed E-state index contributed by atoms with van der Waals surface area (Å²) in [5.74, 6) is 0. The van der Waals surface area contributed by atoms with Crippen LogP contribution in [-0.2, 0) is 6.42 Å². The van der Waals surface area contributed by atoms with E-state index >= 15 is 0 Å². The van der Waals surface area contributed by atoms with Gasteiger partial charge in [0.25, 0.3) is 0 Å². The Labute approximate surface area is 114 Å². The van der Waals surface area contributed by atoms with Crippen LogP contribution < -0.4 is 0 Å². The summed E-state index contributed by atoms with van der Waals surface area (Å²) in [6.45, 7) is 3.91. The molecule has 1 heteroatoms. The van der Waals surface area contributed by atoms with Crippen LogP contribution in [0.5, 0.6) is 0 Å². The Bertz CT molecular complexity index is 651. The van der Waals surface area contributed by atoms with E-state index in [2.05, 4.69) is 43.3 Å². The van der Waals surface area contributed by atoms with Crippen molar-refractivity contribution in [1.29, 1.82) is 0 Å². The standard InChI is InChI=1S/C18H18O/c1-12-3-7-17-15(9-12)11-16-10-14(5-4-13(2)19)6-8-18(16)17/h3-10,13,19H,11H2,1-2H3. The molecule has 1 nitrogen and oxygen atoms in total. The largest absolute Gasteiger partial charge is 0.389 e. The molecular formula is C18H18O. The van der Waals surface area contributed by atoms with Crippen LogP contribution in [0.4, 0.5) is 0 Å². The molecule has 1 aliphatic rings. The van der Waals surface area contributed by atoms with Crippen molar-refractivity contribution in [2.45, 2.75) is 26.4 Å². The molecule has 96 valence electrons. The molecule has 0 radical (unpaired) electrons. The van der Waals surface area contributed by atoms with E-state index in [0.717, 1.165) is 12.0 Å². The first kappa shape index (κ1) is 12.2. The van der Waals surface area contributed by atoms with Crippen molar-refractivity contribution in [1.82, 2.24) is 0 Å². The van der Waals surface area contributed by atoms with E-state index in [1.165, 1.54) is 27.8 Å². The Morgan fingerprint density at radius 3 is 2.47 bits per heavy atom. The molecular weight excluding hydrogens is 232 g/mol. The summed E-state index contributed by atoms with van der Waals surface area (Å²) in [5, 5.41) is 9.29. The number of benzene rings is 2. The number of fused-ring (bicyclic) bond motifs is 3. The molecule has 0 aliphatic heterocycles. The summed E-state index contributed by atoms with van der Waals surface area (Å²) >= 11 is 0. The first-order valence-corrected chi connectivity index (χ1v) is 6.72. The fourth-order valence-corrected chi connectivity index (χ4v) is 2.71. The van der Waals surface area contributed by atoms with Crippen molar-refractivity contribution >= 4 is 6.08 Å². The first-order valence-electron chi connectivity index (χ1n) is 6.72. The zero-order valence-electron chi connectivity index (χ0n) is 11.4. The molecule has 0 saturated carbocycles. The van der Waals surface area contributed by atoms with E-state index in [-0.39, 0.29) is 0 Å². The molecule has 1 N–H and O–H groups in total. The number of hydrogen-bond acceptors (Lipinski definition) is 1. The smallest absolute Gasteiger partial charge is 0.0696 e. The van der Waals surface area contributed by atoms with Gasteiger partial charge in [0.15, 0.2) is 0 Å². The molecule has 1 aliphatic carbocycles. The van der Waals surface area contributed by atoms with E-state index in [1.807, 2.05) is 12.2 Å². The maximum absolute atomic E-state index is 9.29. The Morgan fingerprint density at radius 2 is 1.74 bits per heavy atom. The third-order valence-electron chi connectivity index (χ3n) is 3.63. The number of aliphatic hydroxyl groups excluding tert-OH is 1. The molecule has 1 unspecified atom stereocenters. The number of aliphatic hydroxyl groups is 1. The van der Waals surface area contributed by atoms with Gasteiger partial charge in [-0.1, -0.05) is 54.1 Å². The Balaban J connectivity index is 1.98. The molecule has 0 bridgehead atoms. The van der Waals surface area contributed by atoms with Gasteiger partial charge in [-0.25, -0.2) is 0 Å². The Kier molecular flexibility index (Phi) is 3.00. The van der Waals surface area contributed by atoms with Crippen LogP contribution in [0.1, 0.15) is 29.2 Å². The molecule has 19 heavy (non-hydrogen) atoms. The van der Waals surface area contributed by atoms with Crippen molar-refractivity contribution in [3.8, 4) is 11.1 Å².